The fourth-order valence-corrected chi connectivity index (χ4v) is 2.68. The van der Waals surface area contributed by atoms with Crippen molar-refractivity contribution < 1.29 is 18.0 Å². The molecule has 134 valence electrons. The lowest BCUT2D eigenvalue weighted by Gasteiger charge is -2.15. The van der Waals surface area contributed by atoms with Crippen LogP contribution in [-0.2, 0) is 6.18 Å². The molecule has 0 fully saturated rings. The van der Waals surface area contributed by atoms with Gasteiger partial charge in [-0.25, -0.2) is 4.68 Å². The van der Waals surface area contributed by atoms with Crippen LogP contribution in [0.5, 0.6) is 0 Å². The van der Waals surface area contributed by atoms with Gasteiger partial charge in [-0.1, -0.05) is 29.3 Å². The van der Waals surface area contributed by atoms with Crippen molar-refractivity contribution in [2.24, 2.45) is 0 Å². The molecular weight excluding hydrogens is 390 g/mol. The number of benzene rings is 2. The standard InChI is InChI=1S/C17H10Cl2F3N3O/c18-12-4-1-3-11(15(12)19)16(26)24-13-9-10(17(20,21)22)5-6-14(13)25-8-2-7-23-25/h1-9H,(H,24,26). The molecule has 1 aromatic heterocycles. The van der Waals surface area contributed by atoms with E-state index in [0.29, 0.717) is 0 Å². The second-order valence-electron chi connectivity index (χ2n) is 5.24. The lowest BCUT2D eigenvalue weighted by Crippen LogP contribution is -2.16. The molecule has 0 spiro atoms. The average molecular weight is 400 g/mol. The summed E-state index contributed by atoms with van der Waals surface area (Å²) in [5, 5.41) is 6.62. The third kappa shape index (κ3) is 3.68. The molecule has 0 aliphatic rings. The van der Waals surface area contributed by atoms with Crippen molar-refractivity contribution in [3.63, 3.8) is 0 Å². The van der Waals surface area contributed by atoms with Crippen molar-refractivity contribution in [3.05, 3.63) is 76.0 Å². The Labute approximate surface area is 156 Å². The minimum absolute atomic E-state index is 0.0132. The number of hydrogen-bond donors (Lipinski definition) is 1. The van der Waals surface area contributed by atoms with Crippen molar-refractivity contribution in [2.45, 2.75) is 6.18 Å². The molecule has 1 amide bonds. The zero-order valence-corrected chi connectivity index (χ0v) is 14.4. The first-order valence-electron chi connectivity index (χ1n) is 7.24. The van der Waals surface area contributed by atoms with Crippen molar-refractivity contribution in [3.8, 4) is 5.69 Å². The Morgan fingerprint density at radius 2 is 1.88 bits per heavy atom. The maximum absolute atomic E-state index is 13.0. The first-order chi connectivity index (χ1) is 12.3. The van der Waals surface area contributed by atoms with Gasteiger partial charge in [0.25, 0.3) is 5.91 Å². The average Bonchev–Trinajstić information content (AvgIpc) is 3.10. The highest BCUT2D eigenvalue weighted by Gasteiger charge is 2.31. The minimum atomic E-state index is -4.56. The first-order valence-corrected chi connectivity index (χ1v) is 7.99. The molecule has 2 aromatic carbocycles. The van der Waals surface area contributed by atoms with Crippen LogP contribution in [0.1, 0.15) is 15.9 Å². The Balaban J connectivity index is 2.04. The summed E-state index contributed by atoms with van der Waals surface area (Å²) in [5.74, 6) is -0.690. The highest BCUT2D eigenvalue weighted by atomic mass is 35.5. The van der Waals surface area contributed by atoms with Crippen molar-refractivity contribution in [1.82, 2.24) is 9.78 Å². The van der Waals surface area contributed by atoms with Gasteiger partial charge in [0, 0.05) is 12.4 Å². The molecule has 1 N–H and O–H groups in total. The van der Waals surface area contributed by atoms with E-state index in [-0.39, 0.29) is 27.0 Å². The molecule has 0 saturated carbocycles. The molecule has 0 unspecified atom stereocenters. The van der Waals surface area contributed by atoms with Crippen LogP contribution in [0.4, 0.5) is 18.9 Å². The number of alkyl halides is 3. The van der Waals surface area contributed by atoms with E-state index in [1.54, 1.807) is 12.3 Å². The Kier molecular flexibility index (Phi) is 4.93. The number of carbonyl (C=O) groups is 1. The summed E-state index contributed by atoms with van der Waals surface area (Å²) in [6.45, 7) is 0. The topological polar surface area (TPSA) is 46.9 Å². The number of nitrogens with one attached hydrogen (secondary N) is 1. The van der Waals surface area contributed by atoms with Crippen LogP contribution in [0.15, 0.2) is 54.9 Å². The third-order valence-corrected chi connectivity index (χ3v) is 4.34. The van der Waals surface area contributed by atoms with E-state index in [4.69, 9.17) is 23.2 Å². The van der Waals surface area contributed by atoms with E-state index in [9.17, 15) is 18.0 Å². The fourth-order valence-electron chi connectivity index (χ4n) is 2.29. The van der Waals surface area contributed by atoms with E-state index in [0.717, 1.165) is 12.1 Å². The molecule has 0 aliphatic heterocycles. The summed E-state index contributed by atoms with van der Waals surface area (Å²) in [7, 11) is 0. The van der Waals surface area contributed by atoms with Crippen LogP contribution in [0.3, 0.4) is 0 Å². The molecule has 1 heterocycles. The van der Waals surface area contributed by atoms with Crippen LogP contribution in [0.2, 0.25) is 10.0 Å². The van der Waals surface area contributed by atoms with Gasteiger partial charge < -0.3 is 5.32 Å². The first kappa shape index (κ1) is 18.3. The summed E-state index contributed by atoms with van der Waals surface area (Å²) < 4.78 is 40.5. The minimum Gasteiger partial charge on any atom is -0.320 e. The molecule has 3 aromatic rings. The Hall–Kier alpha value is -2.51. The number of hydrogen-bond acceptors (Lipinski definition) is 2. The molecule has 9 heteroatoms. The van der Waals surface area contributed by atoms with Crippen molar-refractivity contribution in [2.75, 3.05) is 5.32 Å². The largest absolute Gasteiger partial charge is 0.416 e. The maximum Gasteiger partial charge on any atom is 0.416 e. The molecular formula is C17H10Cl2F3N3O. The zero-order valence-electron chi connectivity index (χ0n) is 12.9. The van der Waals surface area contributed by atoms with Gasteiger partial charge in [0.05, 0.1) is 32.5 Å². The Morgan fingerprint density at radius 1 is 1.12 bits per heavy atom. The molecule has 4 nitrogen and oxygen atoms in total. The third-order valence-electron chi connectivity index (χ3n) is 3.52. The van der Waals surface area contributed by atoms with Gasteiger partial charge in [-0.05, 0) is 36.4 Å². The van der Waals surface area contributed by atoms with E-state index in [1.165, 1.54) is 35.1 Å². The molecule has 0 bridgehead atoms. The predicted molar refractivity (Wildman–Crippen MR) is 93.0 cm³/mol. The smallest absolute Gasteiger partial charge is 0.320 e. The lowest BCUT2D eigenvalue weighted by atomic mass is 10.1. The highest BCUT2D eigenvalue weighted by molar-refractivity contribution is 6.44. The summed E-state index contributed by atoms with van der Waals surface area (Å²) in [6.07, 6.45) is -1.54. The number of anilines is 1. The summed E-state index contributed by atoms with van der Waals surface area (Å²) >= 11 is 11.9. The van der Waals surface area contributed by atoms with Gasteiger partial charge in [-0.2, -0.15) is 18.3 Å². The van der Waals surface area contributed by atoms with E-state index in [1.807, 2.05) is 0 Å². The van der Waals surface area contributed by atoms with Crippen LogP contribution in [-0.4, -0.2) is 15.7 Å². The quantitative estimate of drug-likeness (QED) is 0.636. The van der Waals surface area contributed by atoms with Gasteiger partial charge in [-0.3, -0.25) is 4.79 Å². The van der Waals surface area contributed by atoms with E-state index in [2.05, 4.69) is 10.4 Å². The van der Waals surface area contributed by atoms with Crippen molar-refractivity contribution >= 4 is 34.8 Å². The maximum atomic E-state index is 13.0. The van der Waals surface area contributed by atoms with Crippen LogP contribution < -0.4 is 5.32 Å². The van der Waals surface area contributed by atoms with Gasteiger partial charge >= 0.3 is 6.18 Å². The number of amides is 1. The van der Waals surface area contributed by atoms with Gasteiger partial charge in [0.2, 0.25) is 0 Å². The van der Waals surface area contributed by atoms with Crippen LogP contribution in [0.25, 0.3) is 5.69 Å². The highest BCUT2D eigenvalue weighted by Crippen LogP contribution is 2.34. The predicted octanol–water partition coefficient (Wildman–Crippen LogP) is 5.45. The van der Waals surface area contributed by atoms with Crippen LogP contribution >= 0.6 is 23.2 Å². The molecule has 0 aliphatic carbocycles. The zero-order chi connectivity index (χ0) is 18.9. The molecule has 0 saturated heterocycles. The molecule has 26 heavy (non-hydrogen) atoms. The number of aromatic nitrogens is 2. The molecule has 3 rings (SSSR count). The van der Waals surface area contributed by atoms with Crippen LogP contribution in [0, 0.1) is 0 Å². The second-order valence-corrected chi connectivity index (χ2v) is 6.02. The number of nitrogens with zero attached hydrogens (tertiary/aromatic N) is 2. The van der Waals surface area contributed by atoms with E-state index >= 15 is 0 Å². The Morgan fingerprint density at radius 3 is 2.54 bits per heavy atom. The normalized spacial score (nSPS) is 11.4. The number of halogens is 5. The fraction of sp³-hybridized carbons (Fsp3) is 0.0588. The monoisotopic (exact) mass is 399 g/mol. The molecule has 0 radical (unpaired) electrons. The summed E-state index contributed by atoms with van der Waals surface area (Å²) in [4.78, 5) is 12.5. The summed E-state index contributed by atoms with van der Waals surface area (Å²) in [6, 6.07) is 9.03. The van der Waals surface area contributed by atoms with Gasteiger partial charge in [0.15, 0.2) is 0 Å². The molecule has 0 atom stereocenters. The van der Waals surface area contributed by atoms with E-state index < -0.39 is 17.6 Å². The SMILES string of the molecule is O=C(Nc1cc(C(F)(F)F)ccc1-n1cccn1)c1cccc(Cl)c1Cl. The summed E-state index contributed by atoms with van der Waals surface area (Å²) in [5.41, 5.74) is -0.650. The number of rotatable bonds is 3. The van der Waals surface area contributed by atoms with Gasteiger partial charge in [0.1, 0.15) is 0 Å². The van der Waals surface area contributed by atoms with Crippen molar-refractivity contribution in [1.29, 1.82) is 0 Å². The van der Waals surface area contributed by atoms with Gasteiger partial charge in [-0.15, -0.1) is 0 Å². The second kappa shape index (κ2) is 7.01. The number of carbonyl (C=O) groups excluding carboxylic acids is 1. The Bertz CT molecular complexity index is 956. The lowest BCUT2D eigenvalue weighted by molar-refractivity contribution is -0.137.